The summed E-state index contributed by atoms with van der Waals surface area (Å²) in [4.78, 5) is 31.8. The Labute approximate surface area is 244 Å². The van der Waals surface area contributed by atoms with Gasteiger partial charge >= 0.3 is 0 Å². The quantitative estimate of drug-likeness (QED) is 0.167. The third-order valence-corrected chi connectivity index (χ3v) is 8.31. The summed E-state index contributed by atoms with van der Waals surface area (Å²) in [5.41, 5.74) is 5.44. The molecule has 4 aromatic rings. The third kappa shape index (κ3) is 7.78. The summed E-state index contributed by atoms with van der Waals surface area (Å²) in [6, 6.07) is 24.8. The highest BCUT2D eigenvalue weighted by Crippen LogP contribution is 2.42. The van der Waals surface area contributed by atoms with Crippen molar-refractivity contribution in [1.82, 2.24) is 20.9 Å². The molecule has 1 aliphatic carbocycles. The molecular formula is C32H33ClN4O2S. The van der Waals surface area contributed by atoms with Crippen LogP contribution >= 0.6 is 22.9 Å². The number of nitrogens with one attached hydrogen (secondary N) is 3. The summed E-state index contributed by atoms with van der Waals surface area (Å²) in [6.45, 7) is 1.23. The van der Waals surface area contributed by atoms with Gasteiger partial charge in [0.1, 0.15) is 6.04 Å². The highest BCUT2D eigenvalue weighted by molar-refractivity contribution is 7.09. The minimum atomic E-state index is -0.633. The van der Waals surface area contributed by atoms with E-state index in [0.717, 1.165) is 42.5 Å². The number of halogens is 1. The molecule has 0 radical (unpaired) electrons. The molecule has 1 aliphatic rings. The number of hydrogen-bond donors (Lipinski definition) is 3. The van der Waals surface area contributed by atoms with Gasteiger partial charge in [0.15, 0.2) is 0 Å². The molecule has 40 heavy (non-hydrogen) atoms. The number of amides is 2. The van der Waals surface area contributed by atoms with Crippen molar-refractivity contribution in [2.45, 2.75) is 50.2 Å². The molecule has 1 fully saturated rings. The number of nitrogens with zero attached hydrogens (tertiary/aromatic N) is 1. The Hall–Kier alpha value is -3.52. The number of hydrogen-bond acceptors (Lipinski definition) is 5. The van der Waals surface area contributed by atoms with Gasteiger partial charge in [-0.05, 0) is 73.2 Å². The van der Waals surface area contributed by atoms with Crippen LogP contribution in [0.4, 0.5) is 0 Å². The Morgan fingerprint density at radius 2 is 1.77 bits per heavy atom. The van der Waals surface area contributed by atoms with Gasteiger partial charge in [-0.25, -0.2) is 0 Å². The smallest absolute Gasteiger partial charge is 0.251 e. The lowest BCUT2D eigenvalue weighted by molar-refractivity contribution is -0.123. The van der Waals surface area contributed by atoms with Crippen LogP contribution in [0.15, 0.2) is 90.6 Å². The second-order valence-corrected chi connectivity index (χ2v) is 11.5. The van der Waals surface area contributed by atoms with Crippen LogP contribution in [0.3, 0.4) is 0 Å². The standard InChI is InChI=1S/C32H33ClN4O2S/c33-26-10-6-7-22(17-26)19-36-32(39)28(11-4-5-16-35-29-18-27(29)30-20-34-21-40-30)37-31(38)25-14-12-24(13-15-25)23-8-2-1-3-9-23/h1-3,6-10,12-15,17,20-21,27-29,35H,4-5,11,16,18-19H2,(H,36,39)(H,37,38)/t27-,28?,29-/m1/s1. The first-order valence-corrected chi connectivity index (χ1v) is 14.9. The molecule has 0 bridgehead atoms. The molecule has 1 saturated carbocycles. The normalized spacial score (nSPS) is 16.7. The molecule has 3 atom stereocenters. The maximum Gasteiger partial charge on any atom is 0.251 e. The van der Waals surface area contributed by atoms with Crippen molar-refractivity contribution in [3.8, 4) is 11.1 Å². The summed E-state index contributed by atoms with van der Waals surface area (Å²) < 4.78 is 0. The topological polar surface area (TPSA) is 83.1 Å². The van der Waals surface area contributed by atoms with Crippen molar-refractivity contribution in [2.75, 3.05) is 6.54 Å². The van der Waals surface area contributed by atoms with E-state index in [-0.39, 0.29) is 11.8 Å². The second-order valence-electron chi connectivity index (χ2n) is 10.1. The van der Waals surface area contributed by atoms with E-state index in [9.17, 15) is 9.59 Å². The summed E-state index contributed by atoms with van der Waals surface area (Å²) >= 11 is 7.81. The molecule has 8 heteroatoms. The zero-order chi connectivity index (χ0) is 27.7. The van der Waals surface area contributed by atoms with E-state index < -0.39 is 6.04 Å². The second kappa shape index (κ2) is 13.7. The zero-order valence-corrected chi connectivity index (χ0v) is 23.8. The van der Waals surface area contributed by atoms with Gasteiger partial charge in [0.25, 0.3) is 5.91 Å². The predicted molar refractivity (Wildman–Crippen MR) is 162 cm³/mol. The fourth-order valence-electron chi connectivity index (χ4n) is 4.82. The third-order valence-electron chi connectivity index (χ3n) is 7.17. The monoisotopic (exact) mass is 572 g/mol. The van der Waals surface area contributed by atoms with Gasteiger partial charge in [-0.15, -0.1) is 11.3 Å². The van der Waals surface area contributed by atoms with Crippen molar-refractivity contribution >= 4 is 34.8 Å². The fraction of sp³-hybridized carbons (Fsp3) is 0.281. The summed E-state index contributed by atoms with van der Waals surface area (Å²) in [7, 11) is 0. The van der Waals surface area contributed by atoms with Crippen LogP contribution in [0.25, 0.3) is 11.1 Å². The molecule has 0 spiro atoms. The summed E-state index contributed by atoms with van der Waals surface area (Å²) in [6.07, 6.45) is 5.40. The molecule has 2 amide bonds. The van der Waals surface area contributed by atoms with E-state index >= 15 is 0 Å². The lowest BCUT2D eigenvalue weighted by atomic mass is 10.0. The Bertz CT molecular complexity index is 1400. The predicted octanol–water partition coefficient (Wildman–Crippen LogP) is 6.19. The molecule has 1 aromatic heterocycles. The number of rotatable bonds is 13. The Morgan fingerprint density at radius 3 is 2.52 bits per heavy atom. The van der Waals surface area contributed by atoms with Gasteiger partial charge in [0.2, 0.25) is 5.91 Å². The first kappa shape index (κ1) is 28.0. The summed E-state index contributed by atoms with van der Waals surface area (Å²) in [5.74, 6) is 0.116. The average Bonchev–Trinajstić information content (AvgIpc) is 3.54. The van der Waals surface area contributed by atoms with Gasteiger partial charge < -0.3 is 16.0 Å². The van der Waals surface area contributed by atoms with Crippen LogP contribution in [-0.2, 0) is 11.3 Å². The molecule has 3 aromatic carbocycles. The van der Waals surface area contributed by atoms with Gasteiger partial charge in [-0.1, -0.05) is 66.2 Å². The van der Waals surface area contributed by atoms with Crippen molar-refractivity contribution in [3.63, 3.8) is 0 Å². The number of benzene rings is 3. The van der Waals surface area contributed by atoms with Crippen molar-refractivity contribution in [2.24, 2.45) is 0 Å². The van der Waals surface area contributed by atoms with Crippen LogP contribution in [0.5, 0.6) is 0 Å². The van der Waals surface area contributed by atoms with E-state index in [1.165, 1.54) is 4.88 Å². The van der Waals surface area contributed by atoms with E-state index in [0.29, 0.717) is 35.5 Å². The lowest BCUT2D eigenvalue weighted by Gasteiger charge is -2.19. The highest BCUT2D eigenvalue weighted by atomic mass is 35.5. The molecule has 206 valence electrons. The SMILES string of the molecule is O=C(NC(CCCCN[C@@H]1C[C@H]1c1cncs1)C(=O)NCc1cccc(Cl)c1)c1ccc(-c2ccccc2)cc1. The van der Waals surface area contributed by atoms with Crippen LogP contribution < -0.4 is 16.0 Å². The molecule has 1 heterocycles. The maximum atomic E-state index is 13.2. The number of aromatic nitrogens is 1. The largest absolute Gasteiger partial charge is 0.350 e. The van der Waals surface area contributed by atoms with Gasteiger partial charge in [-0.3, -0.25) is 14.6 Å². The molecular weight excluding hydrogens is 540 g/mol. The van der Waals surface area contributed by atoms with Crippen LogP contribution in [0.1, 0.15) is 52.4 Å². The van der Waals surface area contributed by atoms with Crippen molar-refractivity contribution in [3.05, 3.63) is 112 Å². The minimum Gasteiger partial charge on any atom is -0.350 e. The number of thiazole rings is 1. The Kier molecular flexibility index (Phi) is 9.60. The number of carbonyl (C=O) groups is 2. The van der Waals surface area contributed by atoms with E-state index in [2.05, 4.69) is 20.9 Å². The first-order chi connectivity index (χ1) is 19.6. The van der Waals surface area contributed by atoms with E-state index in [1.807, 2.05) is 72.4 Å². The first-order valence-electron chi connectivity index (χ1n) is 13.7. The molecule has 6 nitrogen and oxygen atoms in total. The number of unbranched alkanes of at least 4 members (excludes halogenated alkanes) is 1. The van der Waals surface area contributed by atoms with Gasteiger partial charge in [-0.2, -0.15) is 0 Å². The highest BCUT2D eigenvalue weighted by Gasteiger charge is 2.38. The number of carbonyl (C=O) groups excluding carboxylic acids is 2. The zero-order valence-electron chi connectivity index (χ0n) is 22.2. The maximum absolute atomic E-state index is 13.2. The molecule has 3 N–H and O–H groups in total. The Morgan fingerprint density at radius 1 is 0.975 bits per heavy atom. The van der Waals surface area contributed by atoms with Crippen LogP contribution in [0, 0.1) is 0 Å². The van der Waals surface area contributed by atoms with Crippen LogP contribution in [-0.4, -0.2) is 35.4 Å². The lowest BCUT2D eigenvalue weighted by Crippen LogP contribution is -2.46. The molecule has 1 unspecified atom stereocenters. The van der Waals surface area contributed by atoms with Gasteiger partial charge in [0.05, 0.1) is 5.51 Å². The van der Waals surface area contributed by atoms with E-state index in [4.69, 9.17) is 11.6 Å². The van der Waals surface area contributed by atoms with Crippen LogP contribution in [0.2, 0.25) is 5.02 Å². The van der Waals surface area contributed by atoms with Crippen molar-refractivity contribution in [1.29, 1.82) is 0 Å². The van der Waals surface area contributed by atoms with Gasteiger partial charge in [0, 0.05) is 40.2 Å². The van der Waals surface area contributed by atoms with Crippen molar-refractivity contribution < 1.29 is 9.59 Å². The molecule has 0 saturated heterocycles. The molecule has 5 rings (SSSR count). The average molecular weight is 573 g/mol. The summed E-state index contributed by atoms with van der Waals surface area (Å²) in [5, 5.41) is 10.2. The minimum absolute atomic E-state index is 0.199. The fourth-order valence-corrected chi connectivity index (χ4v) is 5.83. The molecule has 0 aliphatic heterocycles. The Balaban J connectivity index is 1.15. The van der Waals surface area contributed by atoms with E-state index in [1.54, 1.807) is 29.5 Å².